The second kappa shape index (κ2) is 12.0. The lowest BCUT2D eigenvalue weighted by Crippen LogP contribution is -2.40. The Bertz CT molecular complexity index is 1100. The van der Waals surface area contributed by atoms with Crippen LogP contribution in [0.1, 0.15) is 18.4 Å². The van der Waals surface area contributed by atoms with Crippen LogP contribution in [0.2, 0.25) is 0 Å². The maximum atomic E-state index is 15.3. The molecule has 200 valence electrons. The van der Waals surface area contributed by atoms with Crippen LogP contribution in [-0.4, -0.2) is 86.2 Å². The number of carbonyl (C=O) groups excluding carboxylic acids is 1. The number of benzene rings is 1. The number of methoxy groups -OCH3 is 2. The smallest absolute Gasteiger partial charge is 0.414 e. The first-order valence-electron chi connectivity index (χ1n) is 12.0. The molecule has 0 N–H and O–H groups in total. The molecule has 2 saturated heterocycles. The van der Waals surface area contributed by atoms with Gasteiger partial charge in [0.25, 0.3) is 0 Å². The van der Waals surface area contributed by atoms with Gasteiger partial charge in [0.15, 0.2) is 16.7 Å². The van der Waals surface area contributed by atoms with Gasteiger partial charge in [-0.2, -0.15) is 0 Å². The second-order valence-corrected chi connectivity index (χ2v) is 9.41. The molecule has 0 spiro atoms. The fourth-order valence-electron chi connectivity index (χ4n) is 4.46. The number of pyridine rings is 1. The van der Waals surface area contributed by atoms with Crippen LogP contribution < -0.4 is 14.5 Å². The average Bonchev–Trinajstić information content (AvgIpc) is 3.18. The van der Waals surface area contributed by atoms with Crippen LogP contribution in [0.25, 0.3) is 0 Å². The van der Waals surface area contributed by atoms with Crippen LogP contribution in [0.15, 0.2) is 30.5 Å². The van der Waals surface area contributed by atoms with E-state index in [0.717, 1.165) is 5.56 Å². The number of halogens is 2. The van der Waals surface area contributed by atoms with Gasteiger partial charge in [-0.05, 0) is 24.2 Å². The van der Waals surface area contributed by atoms with Crippen molar-refractivity contribution < 1.29 is 27.8 Å². The van der Waals surface area contributed by atoms with E-state index in [2.05, 4.69) is 9.99 Å². The van der Waals surface area contributed by atoms with Crippen molar-refractivity contribution in [1.82, 2.24) is 15.0 Å². The van der Waals surface area contributed by atoms with Crippen molar-refractivity contribution in [1.29, 1.82) is 0 Å². The molecule has 12 heteroatoms. The van der Waals surface area contributed by atoms with E-state index in [1.165, 1.54) is 24.1 Å². The van der Waals surface area contributed by atoms with E-state index in [0.29, 0.717) is 56.5 Å². The van der Waals surface area contributed by atoms with Crippen LogP contribution in [0.4, 0.5) is 25.0 Å². The summed E-state index contributed by atoms with van der Waals surface area (Å²) in [6.45, 7) is 2.80. The molecule has 3 heterocycles. The molecule has 4 rings (SSSR count). The number of carbonyl (C=O) groups is 1. The first kappa shape index (κ1) is 27.0. The third kappa shape index (κ3) is 6.43. The van der Waals surface area contributed by atoms with Crippen molar-refractivity contribution in [2.24, 2.45) is 0 Å². The predicted octanol–water partition coefficient (Wildman–Crippen LogP) is 3.62. The lowest BCUT2D eigenvalue weighted by molar-refractivity contribution is 0.00572. The number of thiocarbonyl (C=S) groups is 1. The van der Waals surface area contributed by atoms with E-state index in [1.807, 2.05) is 18.1 Å². The summed E-state index contributed by atoms with van der Waals surface area (Å²) in [4.78, 5) is 19.6. The molecule has 0 bridgehead atoms. The van der Waals surface area contributed by atoms with Gasteiger partial charge in [-0.25, -0.2) is 28.6 Å². The summed E-state index contributed by atoms with van der Waals surface area (Å²) in [6.07, 6.45) is 1.61. The molecule has 37 heavy (non-hydrogen) atoms. The van der Waals surface area contributed by atoms with E-state index >= 15 is 8.78 Å². The molecule has 0 unspecified atom stereocenters. The van der Waals surface area contributed by atoms with Crippen molar-refractivity contribution in [2.75, 3.05) is 63.8 Å². The van der Waals surface area contributed by atoms with Crippen molar-refractivity contribution >= 4 is 34.7 Å². The molecule has 0 radical (unpaired) electrons. The second-order valence-electron chi connectivity index (χ2n) is 8.95. The van der Waals surface area contributed by atoms with Crippen molar-refractivity contribution in [2.45, 2.75) is 25.5 Å². The Labute approximate surface area is 220 Å². The number of hydrogen-bond acceptors (Lipinski definition) is 9. The Morgan fingerprint density at radius 1 is 1.16 bits per heavy atom. The maximum Gasteiger partial charge on any atom is 0.414 e. The molecule has 0 saturated carbocycles. The summed E-state index contributed by atoms with van der Waals surface area (Å²) in [6, 6.07) is 6.13. The molecule has 1 amide bonds. The van der Waals surface area contributed by atoms with Crippen LogP contribution >= 0.6 is 12.2 Å². The minimum absolute atomic E-state index is 0.0975. The highest BCUT2D eigenvalue weighted by Crippen LogP contribution is 2.32. The Balaban J connectivity index is 1.42. The van der Waals surface area contributed by atoms with Crippen molar-refractivity contribution in [3.05, 3.63) is 47.7 Å². The van der Waals surface area contributed by atoms with Gasteiger partial charge in [0.1, 0.15) is 11.8 Å². The highest BCUT2D eigenvalue weighted by atomic mass is 32.1. The Hall–Kier alpha value is -3.09. The van der Waals surface area contributed by atoms with E-state index in [9.17, 15) is 4.79 Å². The highest BCUT2D eigenvalue weighted by molar-refractivity contribution is 7.80. The van der Waals surface area contributed by atoms with Crippen molar-refractivity contribution in [3.8, 4) is 5.88 Å². The quantitative estimate of drug-likeness (QED) is 0.472. The Morgan fingerprint density at radius 3 is 2.54 bits per heavy atom. The number of aromatic nitrogens is 1. The minimum atomic E-state index is -0.720. The number of rotatable bonds is 8. The lowest BCUT2D eigenvalue weighted by Gasteiger charge is -2.29. The number of ether oxygens (including phenoxy) is 3. The molecule has 1 aromatic heterocycles. The predicted molar refractivity (Wildman–Crippen MR) is 139 cm³/mol. The Kier molecular flexibility index (Phi) is 8.72. The van der Waals surface area contributed by atoms with Gasteiger partial charge in [0.05, 0.1) is 26.5 Å². The van der Waals surface area contributed by atoms with Gasteiger partial charge in [-0.3, -0.25) is 4.90 Å². The summed E-state index contributed by atoms with van der Waals surface area (Å²) < 4.78 is 46.0. The topological polar surface area (TPSA) is 70.6 Å². The summed E-state index contributed by atoms with van der Waals surface area (Å²) in [5, 5.41) is 4.58. The van der Waals surface area contributed by atoms with Gasteiger partial charge < -0.3 is 19.1 Å². The van der Waals surface area contributed by atoms with Crippen LogP contribution in [-0.2, 0) is 16.0 Å². The summed E-state index contributed by atoms with van der Waals surface area (Å²) >= 11 is 5.03. The van der Waals surface area contributed by atoms with Gasteiger partial charge in [-0.1, -0.05) is 6.07 Å². The van der Waals surface area contributed by atoms with E-state index < -0.39 is 23.8 Å². The monoisotopic (exact) mass is 535 g/mol. The van der Waals surface area contributed by atoms with E-state index in [4.69, 9.17) is 26.4 Å². The summed E-state index contributed by atoms with van der Waals surface area (Å²) in [5.41, 5.74) is 1.03. The number of amides is 1. The standard InChI is InChI=1S/C25H31F2N5O4S/c1-29-8-9-30(10-11-31(29)15-17-4-6-22(34-2)28-14-17)24-20(26)12-18(13-21(24)27)32-16-19(36-25(32)33)5-7-23(37)35-3/h4,6,12-14,19H,5,7-11,15-16H2,1-3H3/t19-/m0/s1. The summed E-state index contributed by atoms with van der Waals surface area (Å²) in [7, 11) is 5.00. The third-order valence-electron chi connectivity index (χ3n) is 6.58. The molecular formula is C25H31F2N5O4S. The SMILES string of the molecule is COC(=S)CC[C@H]1CN(c2cc(F)c(N3CCN(C)N(Cc4ccc(OC)nc4)CC3)c(F)c2)C(=O)O1. The summed E-state index contributed by atoms with van der Waals surface area (Å²) in [5.74, 6) is -0.897. The first-order chi connectivity index (χ1) is 17.8. The molecule has 2 aliphatic rings. The van der Waals surface area contributed by atoms with Crippen LogP contribution in [0.5, 0.6) is 5.88 Å². The number of nitrogens with zero attached hydrogens (tertiary/aromatic N) is 5. The zero-order valence-electron chi connectivity index (χ0n) is 21.2. The number of cyclic esters (lactones) is 1. The number of anilines is 2. The molecule has 1 atom stereocenters. The van der Waals surface area contributed by atoms with Gasteiger partial charge in [0.2, 0.25) is 5.88 Å². The number of likely N-dealkylation sites (N-methyl/N-ethyl adjacent to an activating group) is 1. The lowest BCUT2D eigenvalue weighted by atomic mass is 10.2. The highest BCUT2D eigenvalue weighted by Gasteiger charge is 2.34. The molecule has 2 aliphatic heterocycles. The van der Waals surface area contributed by atoms with Gasteiger partial charge in [0, 0.05) is 70.6 Å². The number of hydrogen-bond donors (Lipinski definition) is 0. The molecule has 9 nitrogen and oxygen atoms in total. The van der Waals surface area contributed by atoms with Crippen molar-refractivity contribution in [3.63, 3.8) is 0 Å². The third-order valence-corrected chi connectivity index (χ3v) is 6.95. The van der Waals surface area contributed by atoms with Crippen LogP contribution in [0, 0.1) is 11.6 Å². The Morgan fingerprint density at radius 2 is 1.89 bits per heavy atom. The molecule has 0 aliphatic carbocycles. The molecular weight excluding hydrogens is 504 g/mol. The molecule has 2 fully saturated rings. The number of hydrazine groups is 1. The zero-order valence-corrected chi connectivity index (χ0v) is 22.0. The van der Waals surface area contributed by atoms with Gasteiger partial charge in [-0.15, -0.1) is 0 Å². The molecule has 1 aromatic carbocycles. The largest absolute Gasteiger partial charge is 0.490 e. The van der Waals surface area contributed by atoms with Crippen LogP contribution in [0.3, 0.4) is 0 Å². The van der Waals surface area contributed by atoms with E-state index in [-0.39, 0.29) is 17.9 Å². The normalized spacial score (nSPS) is 19.1. The fourth-order valence-corrected chi connectivity index (χ4v) is 4.58. The molecule has 2 aromatic rings. The fraction of sp³-hybridized carbons (Fsp3) is 0.480. The zero-order chi connectivity index (χ0) is 26.5. The average molecular weight is 536 g/mol. The first-order valence-corrected chi connectivity index (χ1v) is 12.4. The van der Waals surface area contributed by atoms with E-state index in [1.54, 1.807) is 24.3 Å². The van der Waals surface area contributed by atoms with Gasteiger partial charge >= 0.3 is 6.09 Å². The minimum Gasteiger partial charge on any atom is -0.490 e. The maximum absolute atomic E-state index is 15.3.